The number of hydrogen-bond acceptors (Lipinski definition) is 2. The highest BCUT2D eigenvalue weighted by atomic mass is 16.3. The average molecular weight is 195 g/mol. The second-order valence-electron chi connectivity index (χ2n) is 4.30. The Balaban J connectivity index is 2.54. The van der Waals surface area contributed by atoms with E-state index in [-0.39, 0.29) is 0 Å². The number of furan rings is 1. The van der Waals surface area contributed by atoms with Crippen LogP contribution in [0.3, 0.4) is 0 Å². The molecule has 0 spiro atoms. The number of hydrogen-bond donors (Lipinski definition) is 1. The largest absolute Gasteiger partial charge is 0.469 e. The topological polar surface area (TPSA) is 25.2 Å². The third-order valence-corrected chi connectivity index (χ3v) is 2.53. The van der Waals surface area contributed by atoms with Crippen LogP contribution in [-0.4, -0.2) is 7.05 Å². The molecule has 0 radical (unpaired) electrons. The first kappa shape index (κ1) is 11.3. The molecular formula is C12H21NO. The van der Waals surface area contributed by atoms with Crippen molar-refractivity contribution in [1.29, 1.82) is 0 Å². The van der Waals surface area contributed by atoms with Gasteiger partial charge in [0.15, 0.2) is 0 Å². The minimum Gasteiger partial charge on any atom is -0.469 e. The van der Waals surface area contributed by atoms with Crippen molar-refractivity contribution < 1.29 is 4.42 Å². The molecule has 2 heteroatoms. The molecular weight excluding hydrogens is 174 g/mol. The maximum atomic E-state index is 5.31. The summed E-state index contributed by atoms with van der Waals surface area (Å²) in [4.78, 5) is 0. The van der Waals surface area contributed by atoms with Gasteiger partial charge in [0, 0.05) is 11.6 Å². The Morgan fingerprint density at radius 3 is 2.50 bits per heavy atom. The Kier molecular flexibility index (Phi) is 4.21. The van der Waals surface area contributed by atoms with Gasteiger partial charge in [-0.3, -0.25) is 0 Å². The lowest BCUT2D eigenvalue weighted by Gasteiger charge is -2.15. The van der Waals surface area contributed by atoms with Crippen LogP contribution in [0.5, 0.6) is 0 Å². The van der Waals surface area contributed by atoms with Crippen LogP contribution in [0, 0.1) is 12.8 Å². The van der Waals surface area contributed by atoms with Crippen molar-refractivity contribution in [2.75, 3.05) is 7.05 Å². The summed E-state index contributed by atoms with van der Waals surface area (Å²) in [5.41, 5.74) is 1.27. The van der Waals surface area contributed by atoms with Gasteiger partial charge in [0.25, 0.3) is 0 Å². The van der Waals surface area contributed by atoms with Gasteiger partial charge in [0.05, 0.1) is 6.26 Å². The molecule has 0 bridgehead atoms. The van der Waals surface area contributed by atoms with Crippen molar-refractivity contribution in [3.63, 3.8) is 0 Å². The molecule has 1 heterocycles. The maximum Gasteiger partial charge on any atom is 0.101 e. The van der Waals surface area contributed by atoms with Gasteiger partial charge >= 0.3 is 0 Å². The molecule has 1 N–H and O–H groups in total. The van der Waals surface area contributed by atoms with E-state index in [0.717, 1.165) is 11.7 Å². The monoisotopic (exact) mass is 195 g/mol. The Labute approximate surface area is 86.7 Å². The first-order valence-corrected chi connectivity index (χ1v) is 5.35. The molecule has 0 aliphatic heterocycles. The van der Waals surface area contributed by atoms with Gasteiger partial charge in [-0.2, -0.15) is 0 Å². The Morgan fingerprint density at radius 2 is 2.07 bits per heavy atom. The molecule has 0 saturated carbocycles. The fraction of sp³-hybridized carbons (Fsp3) is 0.667. The molecule has 14 heavy (non-hydrogen) atoms. The standard InChI is InChI=1S/C12H21NO/c1-9(2)5-6-12(13-4)11-7-10(3)14-8-11/h7-9,12-13H,5-6H2,1-4H3. The first-order chi connectivity index (χ1) is 6.63. The molecule has 1 aromatic rings. The molecule has 0 saturated heterocycles. The Bertz CT molecular complexity index is 265. The quantitative estimate of drug-likeness (QED) is 0.780. The molecule has 0 fully saturated rings. The molecule has 2 nitrogen and oxygen atoms in total. The van der Waals surface area contributed by atoms with Crippen LogP contribution in [0.4, 0.5) is 0 Å². The highest BCUT2D eigenvalue weighted by Gasteiger charge is 2.11. The number of aryl methyl sites for hydroxylation is 1. The second kappa shape index (κ2) is 5.20. The Morgan fingerprint density at radius 1 is 1.36 bits per heavy atom. The summed E-state index contributed by atoms with van der Waals surface area (Å²) in [5, 5.41) is 3.33. The average Bonchev–Trinajstić information content (AvgIpc) is 2.53. The van der Waals surface area contributed by atoms with Crippen molar-refractivity contribution in [2.45, 2.75) is 39.7 Å². The molecule has 1 aromatic heterocycles. The van der Waals surface area contributed by atoms with Crippen molar-refractivity contribution in [2.24, 2.45) is 5.92 Å². The van der Waals surface area contributed by atoms with Gasteiger partial charge in [-0.1, -0.05) is 13.8 Å². The Hall–Kier alpha value is -0.760. The zero-order chi connectivity index (χ0) is 10.6. The van der Waals surface area contributed by atoms with E-state index in [0.29, 0.717) is 6.04 Å². The molecule has 0 aliphatic carbocycles. The van der Waals surface area contributed by atoms with E-state index < -0.39 is 0 Å². The molecule has 0 aromatic carbocycles. The van der Waals surface area contributed by atoms with Crippen molar-refractivity contribution >= 4 is 0 Å². The lowest BCUT2D eigenvalue weighted by atomic mass is 9.99. The van der Waals surface area contributed by atoms with E-state index in [1.807, 2.05) is 20.2 Å². The predicted molar refractivity (Wildman–Crippen MR) is 59.3 cm³/mol. The molecule has 1 atom stereocenters. The molecule has 80 valence electrons. The molecule has 1 unspecified atom stereocenters. The highest BCUT2D eigenvalue weighted by Crippen LogP contribution is 2.22. The third kappa shape index (κ3) is 3.18. The van der Waals surface area contributed by atoms with Crippen LogP contribution in [0.1, 0.15) is 44.1 Å². The van der Waals surface area contributed by atoms with Crippen molar-refractivity contribution in [3.05, 3.63) is 23.7 Å². The highest BCUT2D eigenvalue weighted by molar-refractivity contribution is 5.16. The van der Waals surface area contributed by atoms with Crippen LogP contribution >= 0.6 is 0 Å². The van der Waals surface area contributed by atoms with E-state index in [4.69, 9.17) is 4.42 Å². The van der Waals surface area contributed by atoms with Gasteiger partial charge in [-0.05, 0) is 38.8 Å². The number of rotatable bonds is 5. The van der Waals surface area contributed by atoms with Gasteiger partial charge in [0.1, 0.15) is 5.76 Å². The molecule has 0 amide bonds. The minimum atomic E-state index is 0.440. The van der Waals surface area contributed by atoms with Crippen molar-refractivity contribution in [1.82, 2.24) is 5.32 Å². The summed E-state index contributed by atoms with van der Waals surface area (Å²) in [6.07, 6.45) is 4.28. The van der Waals surface area contributed by atoms with E-state index in [1.54, 1.807) is 0 Å². The van der Waals surface area contributed by atoms with Crippen LogP contribution in [0.25, 0.3) is 0 Å². The first-order valence-electron chi connectivity index (χ1n) is 5.35. The van der Waals surface area contributed by atoms with Crippen LogP contribution in [-0.2, 0) is 0 Å². The smallest absolute Gasteiger partial charge is 0.101 e. The second-order valence-corrected chi connectivity index (χ2v) is 4.30. The summed E-state index contributed by atoms with van der Waals surface area (Å²) < 4.78 is 5.31. The summed E-state index contributed by atoms with van der Waals surface area (Å²) in [5.74, 6) is 1.75. The summed E-state index contributed by atoms with van der Waals surface area (Å²) in [7, 11) is 2.01. The van der Waals surface area contributed by atoms with E-state index >= 15 is 0 Å². The summed E-state index contributed by atoms with van der Waals surface area (Å²) in [6.45, 7) is 6.50. The summed E-state index contributed by atoms with van der Waals surface area (Å²) in [6, 6.07) is 2.55. The zero-order valence-electron chi connectivity index (χ0n) is 9.63. The minimum absolute atomic E-state index is 0.440. The van der Waals surface area contributed by atoms with Gasteiger partial charge < -0.3 is 9.73 Å². The number of nitrogens with one attached hydrogen (secondary N) is 1. The fourth-order valence-electron chi connectivity index (χ4n) is 1.62. The van der Waals surface area contributed by atoms with E-state index in [2.05, 4.69) is 25.2 Å². The maximum absolute atomic E-state index is 5.31. The zero-order valence-corrected chi connectivity index (χ0v) is 9.63. The lowest BCUT2D eigenvalue weighted by molar-refractivity contribution is 0.458. The van der Waals surface area contributed by atoms with Crippen molar-refractivity contribution in [3.8, 4) is 0 Å². The normalized spacial score (nSPS) is 13.5. The van der Waals surface area contributed by atoms with Gasteiger partial charge in [-0.15, -0.1) is 0 Å². The summed E-state index contributed by atoms with van der Waals surface area (Å²) >= 11 is 0. The third-order valence-electron chi connectivity index (χ3n) is 2.53. The van der Waals surface area contributed by atoms with E-state index in [9.17, 15) is 0 Å². The van der Waals surface area contributed by atoms with Crippen LogP contribution in [0.15, 0.2) is 16.7 Å². The van der Waals surface area contributed by atoms with Crippen LogP contribution in [0.2, 0.25) is 0 Å². The van der Waals surface area contributed by atoms with Gasteiger partial charge in [0.2, 0.25) is 0 Å². The fourth-order valence-corrected chi connectivity index (χ4v) is 1.62. The SMILES string of the molecule is CNC(CCC(C)C)c1coc(C)c1. The van der Waals surface area contributed by atoms with E-state index in [1.165, 1.54) is 18.4 Å². The lowest BCUT2D eigenvalue weighted by Crippen LogP contribution is -2.16. The van der Waals surface area contributed by atoms with Gasteiger partial charge in [-0.25, -0.2) is 0 Å². The molecule has 1 rings (SSSR count). The molecule has 0 aliphatic rings. The predicted octanol–water partition coefficient (Wildman–Crippen LogP) is 3.28. The van der Waals surface area contributed by atoms with Crippen LogP contribution < -0.4 is 5.32 Å².